The van der Waals surface area contributed by atoms with Crippen molar-refractivity contribution in [3.8, 4) is 0 Å². The van der Waals surface area contributed by atoms with Gasteiger partial charge < -0.3 is 14.6 Å². The monoisotopic (exact) mass is 414 g/mol. The standard InChI is InChI=1S/C20H39FN2O2Si2/c1-19(2,3)26(7,8)24-12-11-18(25-27(9,10)20(4,5)6)17-13-16(22)15(21)14-23-17/h13-14,18H,11-12H2,1-10H3,(H2,22,23). The molecule has 0 aliphatic carbocycles. The Morgan fingerprint density at radius 2 is 1.56 bits per heavy atom. The van der Waals surface area contributed by atoms with Crippen LogP contribution in [-0.4, -0.2) is 28.2 Å². The number of hydrogen-bond donors (Lipinski definition) is 1. The molecule has 0 fully saturated rings. The fourth-order valence-corrected chi connectivity index (χ4v) is 4.45. The van der Waals surface area contributed by atoms with Crippen LogP contribution >= 0.6 is 0 Å². The van der Waals surface area contributed by atoms with Crippen molar-refractivity contribution in [2.24, 2.45) is 0 Å². The maximum atomic E-state index is 13.6. The van der Waals surface area contributed by atoms with Gasteiger partial charge in [-0.15, -0.1) is 0 Å². The van der Waals surface area contributed by atoms with E-state index >= 15 is 0 Å². The molecule has 0 saturated carbocycles. The van der Waals surface area contributed by atoms with E-state index in [9.17, 15) is 4.39 Å². The lowest BCUT2D eigenvalue weighted by Gasteiger charge is -2.40. The van der Waals surface area contributed by atoms with Gasteiger partial charge in [0, 0.05) is 13.0 Å². The fourth-order valence-electron chi connectivity index (χ4n) is 2.08. The molecule has 0 saturated heterocycles. The molecule has 1 aromatic rings. The van der Waals surface area contributed by atoms with Crippen LogP contribution in [0.3, 0.4) is 0 Å². The molecule has 4 nitrogen and oxygen atoms in total. The van der Waals surface area contributed by atoms with Crippen molar-refractivity contribution in [2.75, 3.05) is 12.3 Å². The fraction of sp³-hybridized carbons (Fsp3) is 0.750. The van der Waals surface area contributed by atoms with Crippen LogP contribution in [0.25, 0.3) is 0 Å². The minimum atomic E-state index is -2.03. The summed E-state index contributed by atoms with van der Waals surface area (Å²) in [5.74, 6) is -0.498. The minimum absolute atomic E-state index is 0.0666. The highest BCUT2D eigenvalue weighted by Gasteiger charge is 2.40. The summed E-state index contributed by atoms with van der Waals surface area (Å²) in [7, 11) is -3.87. The summed E-state index contributed by atoms with van der Waals surface area (Å²) in [6.45, 7) is 22.8. The summed E-state index contributed by atoms with van der Waals surface area (Å²) in [6, 6.07) is 1.60. The van der Waals surface area contributed by atoms with Gasteiger partial charge in [0.25, 0.3) is 0 Å². The first kappa shape index (κ1) is 24.3. The van der Waals surface area contributed by atoms with E-state index in [0.29, 0.717) is 18.7 Å². The predicted octanol–water partition coefficient (Wildman–Crippen LogP) is 6.28. The zero-order valence-electron chi connectivity index (χ0n) is 18.9. The molecule has 0 aliphatic heterocycles. The molecule has 0 spiro atoms. The van der Waals surface area contributed by atoms with Gasteiger partial charge in [0.1, 0.15) is 0 Å². The first-order valence-corrected chi connectivity index (χ1v) is 15.5. The van der Waals surface area contributed by atoms with E-state index in [0.717, 1.165) is 0 Å². The van der Waals surface area contributed by atoms with E-state index in [4.69, 9.17) is 14.6 Å². The highest BCUT2D eigenvalue weighted by molar-refractivity contribution is 6.74. The number of nitrogens with two attached hydrogens (primary N) is 1. The van der Waals surface area contributed by atoms with Crippen molar-refractivity contribution in [1.29, 1.82) is 0 Å². The number of nitrogens with zero attached hydrogens (tertiary/aromatic N) is 1. The Morgan fingerprint density at radius 3 is 2.00 bits per heavy atom. The molecule has 0 aliphatic rings. The second kappa shape index (κ2) is 8.31. The van der Waals surface area contributed by atoms with Gasteiger partial charge in [-0.1, -0.05) is 41.5 Å². The number of nitrogen functional groups attached to an aromatic ring is 1. The molecule has 0 radical (unpaired) electrons. The second-order valence-electron chi connectivity index (χ2n) is 10.4. The largest absolute Gasteiger partial charge is 0.417 e. The third-order valence-corrected chi connectivity index (χ3v) is 15.2. The minimum Gasteiger partial charge on any atom is -0.417 e. The van der Waals surface area contributed by atoms with Gasteiger partial charge in [0.15, 0.2) is 22.5 Å². The van der Waals surface area contributed by atoms with Crippen molar-refractivity contribution >= 4 is 22.3 Å². The van der Waals surface area contributed by atoms with E-state index < -0.39 is 22.5 Å². The highest BCUT2D eigenvalue weighted by Crippen LogP contribution is 2.41. The number of rotatable bonds is 7. The molecule has 156 valence electrons. The molecule has 0 aromatic carbocycles. The van der Waals surface area contributed by atoms with Crippen LogP contribution in [0.2, 0.25) is 36.3 Å². The van der Waals surface area contributed by atoms with Crippen molar-refractivity contribution in [1.82, 2.24) is 4.98 Å². The smallest absolute Gasteiger partial charge is 0.192 e. The maximum absolute atomic E-state index is 13.6. The zero-order chi connectivity index (χ0) is 21.3. The van der Waals surface area contributed by atoms with E-state index in [-0.39, 0.29) is 21.9 Å². The first-order valence-electron chi connectivity index (χ1n) is 9.71. The Bertz CT molecular complexity index is 638. The van der Waals surface area contributed by atoms with E-state index in [2.05, 4.69) is 72.7 Å². The lowest BCUT2D eigenvalue weighted by atomic mass is 10.1. The van der Waals surface area contributed by atoms with Gasteiger partial charge in [-0.05, 0) is 42.3 Å². The number of hydrogen-bond acceptors (Lipinski definition) is 4. The third-order valence-electron chi connectivity index (χ3n) is 6.13. The van der Waals surface area contributed by atoms with Crippen LogP contribution in [-0.2, 0) is 8.85 Å². The topological polar surface area (TPSA) is 57.4 Å². The molecule has 2 N–H and O–H groups in total. The number of pyridine rings is 1. The molecule has 1 aromatic heterocycles. The van der Waals surface area contributed by atoms with Gasteiger partial charge in [-0.3, -0.25) is 4.98 Å². The van der Waals surface area contributed by atoms with Gasteiger partial charge in [-0.25, -0.2) is 4.39 Å². The Labute approximate surface area is 167 Å². The van der Waals surface area contributed by atoms with Gasteiger partial charge >= 0.3 is 0 Å². The zero-order valence-corrected chi connectivity index (χ0v) is 20.9. The average Bonchev–Trinajstić information content (AvgIpc) is 2.46. The molecule has 1 unspecified atom stereocenters. The van der Waals surface area contributed by atoms with Crippen molar-refractivity contribution in [3.63, 3.8) is 0 Å². The maximum Gasteiger partial charge on any atom is 0.192 e. The average molecular weight is 415 g/mol. The summed E-state index contributed by atoms with van der Waals surface area (Å²) in [6.07, 6.45) is 1.61. The third kappa shape index (κ3) is 6.37. The SMILES string of the molecule is CC(C)(C)[Si](C)(C)OCCC(O[Si](C)(C)C(C)(C)C)c1cc(N)c(F)cn1. The molecule has 1 heterocycles. The van der Waals surface area contributed by atoms with E-state index in [1.165, 1.54) is 6.20 Å². The van der Waals surface area contributed by atoms with Crippen LogP contribution in [0, 0.1) is 5.82 Å². The van der Waals surface area contributed by atoms with Crippen LogP contribution in [0.1, 0.15) is 59.8 Å². The van der Waals surface area contributed by atoms with Gasteiger partial charge in [0.2, 0.25) is 0 Å². The van der Waals surface area contributed by atoms with Crippen LogP contribution in [0.5, 0.6) is 0 Å². The van der Waals surface area contributed by atoms with Crippen LogP contribution in [0.15, 0.2) is 12.3 Å². The van der Waals surface area contributed by atoms with Crippen molar-refractivity contribution in [2.45, 2.75) is 90.3 Å². The summed E-state index contributed by atoms with van der Waals surface area (Å²) in [5, 5.41) is 0.221. The molecule has 1 atom stereocenters. The molecule has 27 heavy (non-hydrogen) atoms. The lowest BCUT2D eigenvalue weighted by Crippen LogP contribution is -2.43. The summed E-state index contributed by atoms with van der Waals surface area (Å²) in [5.41, 5.74) is 6.56. The number of anilines is 1. The Hall–Kier alpha value is -0.766. The van der Waals surface area contributed by atoms with Crippen LogP contribution in [0.4, 0.5) is 10.1 Å². The molecule has 7 heteroatoms. The normalized spacial score (nSPS) is 15.1. The van der Waals surface area contributed by atoms with Crippen molar-refractivity contribution < 1.29 is 13.2 Å². The quantitative estimate of drug-likeness (QED) is 0.534. The van der Waals surface area contributed by atoms with Crippen molar-refractivity contribution in [3.05, 3.63) is 23.8 Å². The molecule has 1 rings (SSSR count). The number of aromatic nitrogens is 1. The highest BCUT2D eigenvalue weighted by atomic mass is 28.4. The number of halogens is 1. The summed E-state index contributed by atoms with van der Waals surface area (Å²) in [4.78, 5) is 4.27. The molecule has 0 amide bonds. The molecule has 0 bridgehead atoms. The second-order valence-corrected chi connectivity index (χ2v) is 20.0. The Kier molecular flexibility index (Phi) is 7.47. The molecular formula is C20H39FN2O2Si2. The first-order chi connectivity index (χ1) is 12.0. The Morgan fingerprint density at radius 1 is 1.04 bits per heavy atom. The summed E-state index contributed by atoms with van der Waals surface area (Å²) >= 11 is 0. The van der Waals surface area contributed by atoms with Gasteiger partial charge in [-0.2, -0.15) is 0 Å². The van der Waals surface area contributed by atoms with Gasteiger partial charge in [0.05, 0.1) is 23.7 Å². The lowest BCUT2D eigenvalue weighted by molar-refractivity contribution is 0.139. The predicted molar refractivity (Wildman–Crippen MR) is 117 cm³/mol. The Balaban J connectivity index is 3.03. The molecular weight excluding hydrogens is 375 g/mol. The van der Waals surface area contributed by atoms with Crippen LogP contribution < -0.4 is 5.73 Å². The summed E-state index contributed by atoms with van der Waals surface area (Å²) < 4.78 is 26.5. The van der Waals surface area contributed by atoms with E-state index in [1.54, 1.807) is 6.07 Å². The van der Waals surface area contributed by atoms with E-state index in [1.807, 2.05) is 0 Å².